The molecule has 3 N–H and O–H groups in total. The van der Waals surface area contributed by atoms with Gasteiger partial charge in [0.25, 0.3) is 0 Å². The standard InChI is InChI=1S/C20H23N3O4/c1-13-6-4-5-7-17(13)18(27-3)12-21-19(25)20(26)23-16-10-8-15(9-11-16)22-14(2)24/h4-11,18H,12H2,1-3H3,(H,21,25)(H,22,24)(H,23,26). The maximum atomic E-state index is 12.1. The fraction of sp³-hybridized carbons (Fsp3) is 0.250. The highest BCUT2D eigenvalue weighted by atomic mass is 16.5. The van der Waals surface area contributed by atoms with Gasteiger partial charge < -0.3 is 20.7 Å². The second kappa shape index (κ2) is 9.49. The summed E-state index contributed by atoms with van der Waals surface area (Å²) in [6, 6.07) is 14.2. The molecule has 27 heavy (non-hydrogen) atoms. The Kier molecular flexibility index (Phi) is 7.08. The Balaban J connectivity index is 1.90. The second-order valence-electron chi connectivity index (χ2n) is 6.00. The Morgan fingerprint density at radius 1 is 0.926 bits per heavy atom. The van der Waals surface area contributed by atoms with Crippen molar-refractivity contribution in [2.45, 2.75) is 20.0 Å². The van der Waals surface area contributed by atoms with E-state index in [4.69, 9.17) is 4.74 Å². The van der Waals surface area contributed by atoms with E-state index in [-0.39, 0.29) is 18.6 Å². The summed E-state index contributed by atoms with van der Waals surface area (Å²) in [6.07, 6.45) is -0.347. The molecule has 2 aromatic carbocycles. The zero-order chi connectivity index (χ0) is 19.8. The monoisotopic (exact) mass is 369 g/mol. The number of carbonyl (C=O) groups is 3. The van der Waals surface area contributed by atoms with Crippen LogP contribution in [0.4, 0.5) is 11.4 Å². The van der Waals surface area contributed by atoms with Gasteiger partial charge in [0.2, 0.25) is 5.91 Å². The summed E-state index contributed by atoms with van der Waals surface area (Å²) in [5, 5.41) is 7.72. The molecule has 0 spiro atoms. The summed E-state index contributed by atoms with van der Waals surface area (Å²) < 4.78 is 5.43. The second-order valence-corrected chi connectivity index (χ2v) is 6.00. The predicted octanol–water partition coefficient (Wildman–Crippen LogP) is 2.40. The van der Waals surface area contributed by atoms with E-state index >= 15 is 0 Å². The van der Waals surface area contributed by atoms with E-state index in [1.807, 2.05) is 31.2 Å². The molecule has 0 saturated heterocycles. The third-order valence-corrected chi connectivity index (χ3v) is 3.94. The van der Waals surface area contributed by atoms with Gasteiger partial charge in [-0.2, -0.15) is 0 Å². The van der Waals surface area contributed by atoms with Gasteiger partial charge in [-0.15, -0.1) is 0 Å². The van der Waals surface area contributed by atoms with Crippen molar-refractivity contribution >= 4 is 29.1 Å². The van der Waals surface area contributed by atoms with Crippen molar-refractivity contribution in [3.05, 3.63) is 59.7 Å². The van der Waals surface area contributed by atoms with Crippen molar-refractivity contribution in [2.75, 3.05) is 24.3 Å². The van der Waals surface area contributed by atoms with Gasteiger partial charge in [-0.05, 0) is 42.3 Å². The molecule has 7 heteroatoms. The molecular formula is C20H23N3O4. The Hall–Kier alpha value is -3.19. The molecule has 142 valence electrons. The number of carbonyl (C=O) groups excluding carboxylic acids is 3. The van der Waals surface area contributed by atoms with Crippen LogP contribution >= 0.6 is 0 Å². The number of anilines is 2. The van der Waals surface area contributed by atoms with E-state index in [1.165, 1.54) is 6.92 Å². The number of amides is 3. The molecule has 0 fully saturated rings. The molecule has 0 heterocycles. The number of benzene rings is 2. The fourth-order valence-electron chi connectivity index (χ4n) is 2.56. The van der Waals surface area contributed by atoms with Crippen LogP contribution in [-0.4, -0.2) is 31.4 Å². The summed E-state index contributed by atoms with van der Waals surface area (Å²) in [7, 11) is 1.56. The van der Waals surface area contributed by atoms with E-state index in [2.05, 4.69) is 16.0 Å². The maximum Gasteiger partial charge on any atom is 0.313 e. The number of hydrogen-bond acceptors (Lipinski definition) is 4. The number of methoxy groups -OCH3 is 1. The molecule has 1 unspecified atom stereocenters. The van der Waals surface area contributed by atoms with Gasteiger partial charge in [-0.1, -0.05) is 24.3 Å². The van der Waals surface area contributed by atoms with Crippen LogP contribution in [0, 0.1) is 6.92 Å². The minimum atomic E-state index is -0.776. The van der Waals surface area contributed by atoms with Gasteiger partial charge in [0.15, 0.2) is 0 Å². The Morgan fingerprint density at radius 3 is 2.07 bits per heavy atom. The Morgan fingerprint density at radius 2 is 1.52 bits per heavy atom. The van der Waals surface area contributed by atoms with E-state index in [9.17, 15) is 14.4 Å². The van der Waals surface area contributed by atoms with Crippen molar-refractivity contribution in [2.24, 2.45) is 0 Å². The van der Waals surface area contributed by atoms with Crippen molar-refractivity contribution < 1.29 is 19.1 Å². The van der Waals surface area contributed by atoms with Gasteiger partial charge >= 0.3 is 11.8 Å². The largest absolute Gasteiger partial charge is 0.375 e. The maximum absolute atomic E-state index is 12.1. The molecule has 2 rings (SSSR count). The average molecular weight is 369 g/mol. The lowest BCUT2D eigenvalue weighted by atomic mass is 10.0. The van der Waals surface area contributed by atoms with E-state index in [0.717, 1.165) is 11.1 Å². The van der Waals surface area contributed by atoms with Crippen molar-refractivity contribution in [1.82, 2.24) is 5.32 Å². The minimum absolute atomic E-state index is 0.176. The number of hydrogen-bond donors (Lipinski definition) is 3. The fourth-order valence-corrected chi connectivity index (χ4v) is 2.56. The van der Waals surface area contributed by atoms with E-state index in [1.54, 1.807) is 31.4 Å². The van der Waals surface area contributed by atoms with Crippen LogP contribution in [0.5, 0.6) is 0 Å². The van der Waals surface area contributed by atoms with Crippen molar-refractivity contribution in [3.63, 3.8) is 0 Å². The minimum Gasteiger partial charge on any atom is -0.375 e. The SMILES string of the molecule is COC(CNC(=O)C(=O)Nc1ccc(NC(C)=O)cc1)c1ccccc1C. The lowest BCUT2D eigenvalue weighted by Gasteiger charge is -2.18. The van der Waals surface area contributed by atoms with Gasteiger partial charge in [0.05, 0.1) is 6.10 Å². The van der Waals surface area contributed by atoms with Crippen molar-refractivity contribution in [1.29, 1.82) is 0 Å². The summed E-state index contributed by atoms with van der Waals surface area (Å²) in [4.78, 5) is 35.1. The van der Waals surface area contributed by atoms with Crippen LogP contribution in [0.15, 0.2) is 48.5 Å². The van der Waals surface area contributed by atoms with Gasteiger partial charge in [-0.25, -0.2) is 0 Å². The highest BCUT2D eigenvalue weighted by molar-refractivity contribution is 6.39. The number of nitrogens with one attached hydrogen (secondary N) is 3. The Bertz CT molecular complexity index is 818. The first-order valence-electron chi connectivity index (χ1n) is 8.46. The smallest absolute Gasteiger partial charge is 0.313 e. The molecule has 2 aromatic rings. The van der Waals surface area contributed by atoms with E-state index < -0.39 is 11.8 Å². The molecule has 7 nitrogen and oxygen atoms in total. The molecule has 0 aliphatic rings. The van der Waals surface area contributed by atoms with Crippen molar-refractivity contribution in [3.8, 4) is 0 Å². The zero-order valence-corrected chi connectivity index (χ0v) is 15.5. The third-order valence-electron chi connectivity index (χ3n) is 3.94. The normalized spacial score (nSPS) is 11.4. The van der Waals surface area contributed by atoms with Crippen LogP contribution in [0.1, 0.15) is 24.2 Å². The lowest BCUT2D eigenvalue weighted by Crippen LogP contribution is -2.38. The number of aryl methyl sites for hydroxylation is 1. The van der Waals surface area contributed by atoms with E-state index in [0.29, 0.717) is 11.4 Å². The lowest BCUT2D eigenvalue weighted by molar-refractivity contribution is -0.136. The number of rotatable bonds is 6. The highest BCUT2D eigenvalue weighted by Gasteiger charge is 2.18. The molecule has 0 radical (unpaired) electrons. The predicted molar refractivity (Wildman–Crippen MR) is 103 cm³/mol. The third kappa shape index (κ3) is 5.93. The molecule has 1 atom stereocenters. The Labute approximate surface area is 158 Å². The van der Waals surface area contributed by atoms with Crippen LogP contribution in [-0.2, 0) is 19.1 Å². The number of ether oxygens (including phenoxy) is 1. The zero-order valence-electron chi connectivity index (χ0n) is 15.5. The molecule has 3 amide bonds. The van der Waals surface area contributed by atoms with Gasteiger partial charge in [0.1, 0.15) is 0 Å². The van der Waals surface area contributed by atoms with Crippen LogP contribution in [0.2, 0.25) is 0 Å². The first-order chi connectivity index (χ1) is 12.9. The summed E-state index contributed by atoms with van der Waals surface area (Å²) in [6.45, 7) is 3.54. The molecule has 0 aliphatic heterocycles. The summed E-state index contributed by atoms with van der Waals surface area (Å²) in [5.41, 5.74) is 3.05. The topological polar surface area (TPSA) is 96.5 Å². The first kappa shape index (κ1) is 20.1. The summed E-state index contributed by atoms with van der Waals surface area (Å²) in [5.74, 6) is -1.72. The first-order valence-corrected chi connectivity index (χ1v) is 8.46. The van der Waals surface area contributed by atoms with Gasteiger partial charge in [-0.3, -0.25) is 14.4 Å². The van der Waals surface area contributed by atoms with Gasteiger partial charge in [0, 0.05) is 32.0 Å². The van der Waals surface area contributed by atoms with Crippen LogP contribution in [0.25, 0.3) is 0 Å². The molecule has 0 saturated carbocycles. The molecule has 0 aliphatic carbocycles. The molecular weight excluding hydrogens is 346 g/mol. The van der Waals surface area contributed by atoms with Crippen LogP contribution < -0.4 is 16.0 Å². The molecule has 0 bridgehead atoms. The summed E-state index contributed by atoms with van der Waals surface area (Å²) >= 11 is 0. The highest BCUT2D eigenvalue weighted by Crippen LogP contribution is 2.19. The molecule has 0 aromatic heterocycles. The average Bonchev–Trinajstić information content (AvgIpc) is 2.64. The van der Waals surface area contributed by atoms with Crippen LogP contribution in [0.3, 0.4) is 0 Å². The quantitative estimate of drug-likeness (QED) is 0.681.